The average molecular weight is 525 g/mol. The van der Waals surface area contributed by atoms with Gasteiger partial charge in [0.2, 0.25) is 5.88 Å². The smallest absolute Gasteiger partial charge is 0.294 e. The number of likely N-dealkylation sites (N-methyl/N-ethyl adjacent to an activating group) is 1. The first-order chi connectivity index (χ1) is 18.0. The third kappa shape index (κ3) is 5.06. The van der Waals surface area contributed by atoms with Crippen LogP contribution in [0.25, 0.3) is 11.0 Å². The number of ketones is 1. The fraction of sp³-hybridized carbons (Fsp3) is 0.407. The van der Waals surface area contributed by atoms with Crippen molar-refractivity contribution in [2.24, 2.45) is 0 Å². The van der Waals surface area contributed by atoms with Crippen LogP contribution in [0, 0.1) is 5.82 Å². The van der Waals surface area contributed by atoms with Crippen LogP contribution in [0.5, 0.6) is 5.88 Å². The van der Waals surface area contributed by atoms with Gasteiger partial charge in [0.25, 0.3) is 17.6 Å². The molecule has 1 aliphatic heterocycles. The van der Waals surface area contributed by atoms with Crippen LogP contribution in [0.1, 0.15) is 47.1 Å². The van der Waals surface area contributed by atoms with Gasteiger partial charge in [-0.3, -0.25) is 24.0 Å². The van der Waals surface area contributed by atoms with E-state index in [1.807, 2.05) is 13.8 Å². The molecule has 0 aliphatic carbocycles. The maximum Gasteiger partial charge on any atom is 0.294 e. The summed E-state index contributed by atoms with van der Waals surface area (Å²) < 4.78 is 19.9. The molecule has 0 saturated carbocycles. The van der Waals surface area contributed by atoms with Crippen molar-refractivity contribution in [3.05, 3.63) is 59.0 Å². The van der Waals surface area contributed by atoms with E-state index in [0.29, 0.717) is 31.6 Å². The van der Waals surface area contributed by atoms with Crippen molar-refractivity contribution < 1.29 is 23.5 Å². The highest BCUT2D eigenvalue weighted by Gasteiger charge is 2.35. The Balaban J connectivity index is 1.63. The van der Waals surface area contributed by atoms with Crippen LogP contribution >= 0.6 is 0 Å². The number of hydrogen-bond acceptors (Lipinski definition) is 7. The lowest BCUT2D eigenvalue weighted by Crippen LogP contribution is -2.57. The first-order valence-electron chi connectivity index (χ1n) is 12.5. The summed E-state index contributed by atoms with van der Waals surface area (Å²) in [5.74, 6) is 4.14. The number of rotatable bonds is 7. The number of halogens is 1. The normalized spacial score (nSPS) is 18.0. The number of nitrogen functional groups attached to an aromatic ring is 1. The van der Waals surface area contributed by atoms with E-state index >= 15 is 0 Å². The summed E-state index contributed by atoms with van der Waals surface area (Å²) in [6.45, 7) is 7.84. The molecule has 38 heavy (non-hydrogen) atoms. The van der Waals surface area contributed by atoms with Crippen molar-refractivity contribution >= 4 is 28.6 Å². The van der Waals surface area contributed by atoms with Crippen molar-refractivity contribution in [3.63, 3.8) is 0 Å². The second-order valence-corrected chi connectivity index (χ2v) is 9.73. The molecule has 1 aliphatic rings. The topological polar surface area (TPSA) is 114 Å². The summed E-state index contributed by atoms with van der Waals surface area (Å²) in [4.78, 5) is 49.1. The van der Waals surface area contributed by atoms with Crippen LogP contribution in [0.4, 0.5) is 4.39 Å². The van der Waals surface area contributed by atoms with Gasteiger partial charge in [-0.2, -0.15) is 4.98 Å². The number of Topliss-reactive ketones (excluding diaryl/α,β-unsaturated/α-hetero) is 1. The number of carbonyl (C=O) groups is 3. The number of nitrogens with zero attached hydrogens (tertiary/aromatic N) is 5. The minimum absolute atomic E-state index is 0.0346. The number of benzene rings is 1. The molecule has 10 nitrogen and oxygen atoms in total. The average Bonchev–Trinajstić information content (AvgIpc) is 3.24. The van der Waals surface area contributed by atoms with Gasteiger partial charge in [-0.25, -0.2) is 4.39 Å². The van der Waals surface area contributed by atoms with E-state index in [4.69, 9.17) is 10.6 Å². The molecule has 2 atom stereocenters. The lowest BCUT2D eigenvalue weighted by Gasteiger charge is -2.44. The predicted molar refractivity (Wildman–Crippen MR) is 141 cm³/mol. The second-order valence-electron chi connectivity index (χ2n) is 9.73. The third-order valence-electron chi connectivity index (χ3n) is 7.13. The first-order valence-corrected chi connectivity index (χ1v) is 12.5. The van der Waals surface area contributed by atoms with Gasteiger partial charge in [-0.05, 0) is 44.5 Å². The van der Waals surface area contributed by atoms with E-state index in [1.165, 1.54) is 43.5 Å². The lowest BCUT2D eigenvalue weighted by molar-refractivity contribution is -0.125. The molecule has 0 radical (unpaired) electrons. The standard InChI is InChI=1S/C27H33FN6O4/c1-6-31(4)27(37)23(35)22-15-34(29)24-20(22)11-21(25(30-24)38-5)26(36)33-13-16(2)32(12-17(33)3)14-18-7-9-19(28)10-8-18/h7-11,15-17H,6,12-14,29H2,1-5H3/t16-,17+/m0/s1. The summed E-state index contributed by atoms with van der Waals surface area (Å²) in [7, 11) is 2.95. The van der Waals surface area contributed by atoms with Gasteiger partial charge in [0.1, 0.15) is 11.4 Å². The quantitative estimate of drug-likeness (QED) is 0.287. The summed E-state index contributed by atoms with van der Waals surface area (Å²) in [6, 6.07) is 7.84. The van der Waals surface area contributed by atoms with Crippen LogP contribution < -0.4 is 10.6 Å². The molecule has 2 amide bonds. The van der Waals surface area contributed by atoms with Crippen molar-refractivity contribution in [2.75, 3.05) is 39.6 Å². The summed E-state index contributed by atoms with van der Waals surface area (Å²) in [5, 5.41) is 0.301. The van der Waals surface area contributed by atoms with Gasteiger partial charge < -0.3 is 20.4 Å². The Morgan fingerprint density at radius 3 is 2.45 bits per heavy atom. The molecule has 0 unspecified atom stereocenters. The molecule has 11 heteroatoms. The molecule has 0 bridgehead atoms. The summed E-state index contributed by atoms with van der Waals surface area (Å²) in [5.41, 5.74) is 1.47. The minimum Gasteiger partial charge on any atom is -0.480 e. The van der Waals surface area contributed by atoms with Gasteiger partial charge in [-0.15, -0.1) is 0 Å². The number of methoxy groups -OCH3 is 1. The fourth-order valence-corrected chi connectivity index (χ4v) is 4.75. The number of nitrogens with two attached hydrogens (primary N) is 1. The van der Waals surface area contributed by atoms with Gasteiger partial charge in [0.05, 0.1) is 12.7 Å². The molecule has 4 rings (SSSR count). The number of carbonyl (C=O) groups excluding carboxylic acids is 3. The van der Waals surface area contributed by atoms with Crippen LogP contribution in [0.2, 0.25) is 0 Å². The Kier molecular flexibility index (Phi) is 7.68. The van der Waals surface area contributed by atoms with Crippen molar-refractivity contribution in [1.29, 1.82) is 0 Å². The highest BCUT2D eigenvalue weighted by atomic mass is 19.1. The summed E-state index contributed by atoms with van der Waals surface area (Å²) >= 11 is 0. The highest BCUT2D eigenvalue weighted by Crippen LogP contribution is 2.29. The number of pyridine rings is 1. The van der Waals surface area contributed by atoms with E-state index in [1.54, 1.807) is 24.0 Å². The number of fused-ring (bicyclic) bond motifs is 1. The van der Waals surface area contributed by atoms with Gasteiger partial charge in [0.15, 0.2) is 5.65 Å². The third-order valence-corrected chi connectivity index (χ3v) is 7.13. The van der Waals surface area contributed by atoms with E-state index in [9.17, 15) is 18.8 Å². The SMILES string of the molecule is CCN(C)C(=O)C(=O)c1cn(N)c2nc(OC)c(C(=O)N3C[C@H](C)N(Cc4ccc(F)cc4)C[C@H]3C)cc12. The molecular weight excluding hydrogens is 491 g/mol. The zero-order chi connectivity index (χ0) is 27.7. The molecule has 2 N–H and O–H groups in total. The molecule has 3 heterocycles. The molecule has 202 valence electrons. The predicted octanol–water partition coefficient (Wildman–Crippen LogP) is 2.29. The largest absolute Gasteiger partial charge is 0.480 e. The van der Waals surface area contributed by atoms with Gasteiger partial charge in [0, 0.05) is 56.9 Å². The number of aromatic nitrogens is 2. The van der Waals surface area contributed by atoms with E-state index < -0.39 is 11.7 Å². The molecule has 1 saturated heterocycles. The Morgan fingerprint density at radius 2 is 1.82 bits per heavy atom. The van der Waals surface area contributed by atoms with E-state index in [2.05, 4.69) is 9.88 Å². The Hall–Kier alpha value is -3.99. The number of ether oxygens (including phenoxy) is 1. The minimum atomic E-state index is -0.731. The van der Waals surface area contributed by atoms with E-state index in [-0.39, 0.29) is 46.5 Å². The molecular formula is C27H33FN6O4. The zero-order valence-corrected chi connectivity index (χ0v) is 22.3. The highest BCUT2D eigenvalue weighted by molar-refractivity contribution is 6.44. The Bertz CT molecular complexity index is 1370. The number of hydrogen-bond donors (Lipinski definition) is 1. The molecule has 1 fully saturated rings. The van der Waals surface area contributed by atoms with Crippen molar-refractivity contribution in [2.45, 2.75) is 39.4 Å². The number of piperazine rings is 1. The van der Waals surface area contributed by atoms with Crippen LogP contribution in [0.3, 0.4) is 0 Å². The molecule has 2 aromatic heterocycles. The van der Waals surface area contributed by atoms with Crippen molar-refractivity contribution in [3.8, 4) is 5.88 Å². The second kappa shape index (κ2) is 10.8. The van der Waals surface area contributed by atoms with Crippen LogP contribution in [0.15, 0.2) is 36.5 Å². The zero-order valence-electron chi connectivity index (χ0n) is 22.3. The maximum atomic E-state index is 13.8. The number of amides is 2. The van der Waals surface area contributed by atoms with Crippen LogP contribution in [-0.2, 0) is 11.3 Å². The first kappa shape index (κ1) is 27.1. The maximum absolute atomic E-state index is 13.8. The van der Waals surface area contributed by atoms with Crippen molar-refractivity contribution in [1.82, 2.24) is 24.4 Å². The molecule has 0 spiro atoms. The molecule has 3 aromatic rings. The summed E-state index contributed by atoms with van der Waals surface area (Å²) in [6.07, 6.45) is 1.34. The Labute approximate surface area is 220 Å². The van der Waals surface area contributed by atoms with Gasteiger partial charge in [-0.1, -0.05) is 12.1 Å². The van der Waals surface area contributed by atoms with Crippen LogP contribution in [-0.4, -0.2) is 87.8 Å². The van der Waals surface area contributed by atoms with E-state index in [0.717, 1.165) is 10.2 Å². The van der Waals surface area contributed by atoms with Gasteiger partial charge >= 0.3 is 0 Å². The molecule has 1 aromatic carbocycles. The monoisotopic (exact) mass is 524 g/mol. The fourth-order valence-electron chi connectivity index (χ4n) is 4.75. The Morgan fingerprint density at radius 1 is 1.13 bits per heavy atom. The lowest BCUT2D eigenvalue weighted by atomic mass is 10.0.